The fourth-order valence-electron chi connectivity index (χ4n) is 2.25. The lowest BCUT2D eigenvalue weighted by atomic mass is 10.1. The van der Waals surface area contributed by atoms with Crippen molar-refractivity contribution < 1.29 is 18.3 Å². The van der Waals surface area contributed by atoms with Crippen LogP contribution >= 0.6 is 11.6 Å². The third kappa shape index (κ3) is 2.93. The molecule has 0 radical (unpaired) electrons. The lowest BCUT2D eigenvalue weighted by Crippen LogP contribution is -2.26. The molecule has 1 aliphatic heterocycles. The lowest BCUT2D eigenvalue weighted by molar-refractivity contribution is -0.112. The van der Waals surface area contributed by atoms with E-state index < -0.39 is 21.5 Å². The van der Waals surface area contributed by atoms with Gasteiger partial charge in [0, 0.05) is 11.8 Å². The molecule has 118 valence electrons. The predicted octanol–water partition coefficient (Wildman–Crippen LogP) is 2.43. The number of amides is 1. The largest absolute Gasteiger partial charge is 0.507 e. The average molecular weight is 351 g/mol. The smallest absolute Gasteiger partial charge is 0.257 e. The van der Waals surface area contributed by atoms with E-state index in [4.69, 9.17) is 11.6 Å². The van der Waals surface area contributed by atoms with Crippen LogP contribution in [0.5, 0.6) is 0 Å². The molecule has 2 heterocycles. The Hall–Kier alpha value is -2.38. The van der Waals surface area contributed by atoms with E-state index >= 15 is 0 Å². The molecule has 0 saturated carbocycles. The highest BCUT2D eigenvalue weighted by atomic mass is 35.5. The van der Waals surface area contributed by atoms with Gasteiger partial charge in [-0.25, -0.2) is 13.4 Å². The predicted molar refractivity (Wildman–Crippen MR) is 85.9 cm³/mol. The first kappa shape index (κ1) is 15.5. The van der Waals surface area contributed by atoms with Crippen LogP contribution in [0, 0.1) is 0 Å². The zero-order chi connectivity index (χ0) is 16.6. The Balaban J connectivity index is 1.99. The number of aliphatic hydroxyl groups is 1. The van der Waals surface area contributed by atoms with Crippen molar-refractivity contribution in [2.24, 2.45) is 0 Å². The van der Waals surface area contributed by atoms with Crippen LogP contribution in [0.15, 0.2) is 53.1 Å². The molecule has 0 unspecified atom stereocenters. The van der Waals surface area contributed by atoms with E-state index in [9.17, 15) is 18.3 Å². The molecule has 0 fully saturated rings. The van der Waals surface area contributed by atoms with E-state index in [2.05, 4.69) is 10.3 Å². The summed E-state index contributed by atoms with van der Waals surface area (Å²) in [4.78, 5) is 16.2. The van der Waals surface area contributed by atoms with Gasteiger partial charge in [-0.15, -0.1) is 0 Å². The monoisotopic (exact) mass is 350 g/mol. The third-order valence-corrected chi connectivity index (χ3v) is 5.26. The van der Waals surface area contributed by atoms with Gasteiger partial charge in [-0.2, -0.15) is 0 Å². The van der Waals surface area contributed by atoms with Gasteiger partial charge in [0.15, 0.2) is 9.84 Å². The van der Waals surface area contributed by atoms with E-state index in [0.717, 1.165) is 0 Å². The lowest BCUT2D eigenvalue weighted by Gasteiger charge is -2.19. The fraction of sp³-hybridized carbons (Fsp3) is 0.0667. The molecule has 6 nitrogen and oxygen atoms in total. The van der Waals surface area contributed by atoms with Crippen LogP contribution in [0.2, 0.25) is 5.02 Å². The summed E-state index contributed by atoms with van der Waals surface area (Å²) in [7, 11) is -3.69. The molecule has 1 amide bonds. The first-order valence-corrected chi connectivity index (χ1v) is 8.59. The molecule has 0 spiro atoms. The topological polar surface area (TPSA) is 96.4 Å². The van der Waals surface area contributed by atoms with Gasteiger partial charge >= 0.3 is 0 Å². The Labute approximate surface area is 137 Å². The van der Waals surface area contributed by atoms with E-state index in [1.165, 1.54) is 30.5 Å². The molecule has 2 aromatic rings. The Kier molecular flexibility index (Phi) is 3.83. The van der Waals surface area contributed by atoms with Gasteiger partial charge in [-0.1, -0.05) is 23.7 Å². The number of halogens is 1. The molecule has 3 rings (SSSR count). The first-order valence-electron chi connectivity index (χ1n) is 6.55. The number of pyridine rings is 1. The van der Waals surface area contributed by atoms with E-state index in [1.807, 2.05) is 0 Å². The van der Waals surface area contributed by atoms with Gasteiger partial charge in [-0.3, -0.25) is 4.79 Å². The quantitative estimate of drug-likeness (QED) is 0.867. The first-order chi connectivity index (χ1) is 10.9. The van der Waals surface area contributed by atoms with Crippen LogP contribution in [0.4, 0.5) is 5.82 Å². The molecule has 1 aromatic heterocycles. The summed E-state index contributed by atoms with van der Waals surface area (Å²) in [5.74, 6) is -1.44. The summed E-state index contributed by atoms with van der Waals surface area (Å²) in [5.41, 5.74) is -0.103. The minimum atomic E-state index is -3.69. The second-order valence-corrected chi connectivity index (χ2v) is 7.29. The Morgan fingerprint density at radius 2 is 1.96 bits per heavy atom. The van der Waals surface area contributed by atoms with E-state index in [0.29, 0.717) is 5.02 Å². The van der Waals surface area contributed by atoms with Crippen molar-refractivity contribution in [3.05, 3.63) is 58.8 Å². The summed E-state index contributed by atoms with van der Waals surface area (Å²) in [5, 5.41) is 13.1. The van der Waals surface area contributed by atoms with Crippen molar-refractivity contribution >= 4 is 38.9 Å². The van der Waals surface area contributed by atoms with Crippen LogP contribution in [0.1, 0.15) is 5.56 Å². The minimum Gasteiger partial charge on any atom is -0.507 e. The van der Waals surface area contributed by atoms with E-state index in [-0.39, 0.29) is 27.6 Å². The molecule has 1 aliphatic rings. The zero-order valence-electron chi connectivity index (χ0n) is 11.7. The minimum absolute atomic E-state index is 0.0127. The number of fused-ring (bicyclic) bond motifs is 1. The number of hydrogen-bond donors (Lipinski definition) is 2. The number of sulfone groups is 1. The van der Waals surface area contributed by atoms with Crippen LogP contribution < -0.4 is 5.32 Å². The number of benzene rings is 1. The zero-order valence-corrected chi connectivity index (χ0v) is 13.2. The molecule has 0 aliphatic carbocycles. The van der Waals surface area contributed by atoms with Crippen LogP contribution in [-0.4, -0.2) is 30.2 Å². The Morgan fingerprint density at radius 1 is 1.22 bits per heavy atom. The van der Waals surface area contributed by atoms with Gasteiger partial charge in [0.2, 0.25) is 0 Å². The van der Waals surface area contributed by atoms with Crippen molar-refractivity contribution in [3.8, 4) is 0 Å². The highest BCUT2D eigenvalue weighted by Crippen LogP contribution is 2.32. The molecule has 1 aromatic carbocycles. The highest BCUT2D eigenvalue weighted by Gasteiger charge is 2.33. The van der Waals surface area contributed by atoms with Crippen molar-refractivity contribution in [2.75, 3.05) is 11.1 Å². The number of carbonyl (C=O) groups is 1. The van der Waals surface area contributed by atoms with Crippen LogP contribution in [-0.2, 0) is 14.6 Å². The van der Waals surface area contributed by atoms with Crippen LogP contribution in [0.3, 0.4) is 0 Å². The van der Waals surface area contributed by atoms with Crippen molar-refractivity contribution in [1.82, 2.24) is 4.98 Å². The standard InChI is InChI=1S/C15H11ClN2O4S/c16-9-5-6-13(17-7-9)18-15(20)11-8-23(21,22)12-4-2-1-3-10(12)14(11)19/h1-7,19H,8H2,(H,17,18,20). The van der Waals surface area contributed by atoms with E-state index in [1.54, 1.807) is 12.1 Å². The van der Waals surface area contributed by atoms with Gasteiger partial charge < -0.3 is 10.4 Å². The number of carbonyl (C=O) groups excluding carboxylic acids is 1. The average Bonchev–Trinajstić information content (AvgIpc) is 2.53. The number of rotatable bonds is 2. The molecular formula is C15H11ClN2O4S. The Morgan fingerprint density at radius 3 is 2.65 bits per heavy atom. The van der Waals surface area contributed by atoms with Gasteiger partial charge in [-0.05, 0) is 24.3 Å². The molecule has 23 heavy (non-hydrogen) atoms. The number of nitrogens with one attached hydrogen (secondary N) is 1. The Bertz CT molecular complexity index is 921. The van der Waals surface area contributed by atoms with Gasteiger partial charge in [0.1, 0.15) is 11.6 Å². The second-order valence-electron chi connectivity index (χ2n) is 4.90. The molecular weight excluding hydrogens is 340 g/mol. The SMILES string of the molecule is O=C(Nc1ccc(Cl)cn1)C1=C(O)c2ccccc2S(=O)(=O)C1. The van der Waals surface area contributed by atoms with Crippen LogP contribution in [0.25, 0.3) is 5.76 Å². The van der Waals surface area contributed by atoms with Gasteiger partial charge in [0.05, 0.1) is 21.2 Å². The van der Waals surface area contributed by atoms with Crippen molar-refractivity contribution in [3.63, 3.8) is 0 Å². The maximum atomic E-state index is 12.3. The molecule has 0 atom stereocenters. The summed E-state index contributed by atoms with van der Waals surface area (Å²) in [6.07, 6.45) is 1.35. The summed E-state index contributed by atoms with van der Waals surface area (Å²) >= 11 is 5.71. The molecule has 8 heteroatoms. The maximum Gasteiger partial charge on any atom is 0.257 e. The fourth-order valence-corrected chi connectivity index (χ4v) is 3.95. The number of aromatic nitrogens is 1. The number of nitrogens with zero attached hydrogens (tertiary/aromatic N) is 1. The number of hydrogen-bond acceptors (Lipinski definition) is 5. The molecule has 0 bridgehead atoms. The number of anilines is 1. The summed E-state index contributed by atoms with van der Waals surface area (Å²) < 4.78 is 24.5. The van der Waals surface area contributed by atoms with Crippen molar-refractivity contribution in [2.45, 2.75) is 4.90 Å². The molecule has 2 N–H and O–H groups in total. The maximum absolute atomic E-state index is 12.3. The summed E-state index contributed by atoms with van der Waals surface area (Å²) in [6, 6.07) is 9.01. The van der Waals surface area contributed by atoms with Crippen molar-refractivity contribution in [1.29, 1.82) is 0 Å². The highest BCUT2D eigenvalue weighted by molar-refractivity contribution is 7.91. The summed E-state index contributed by atoms with van der Waals surface area (Å²) in [6.45, 7) is 0. The number of aliphatic hydroxyl groups excluding tert-OH is 1. The molecule has 0 saturated heterocycles. The normalized spacial score (nSPS) is 15.9. The third-order valence-electron chi connectivity index (χ3n) is 3.34. The second kappa shape index (κ2) is 5.68. The van der Waals surface area contributed by atoms with Gasteiger partial charge in [0.25, 0.3) is 5.91 Å².